The maximum absolute atomic E-state index is 12.6. The number of ketones is 1. The van der Waals surface area contributed by atoms with Gasteiger partial charge in [0.15, 0.2) is 5.78 Å². The van der Waals surface area contributed by atoms with Crippen molar-refractivity contribution in [2.75, 3.05) is 0 Å². The number of carbonyl (C=O) groups excluding carboxylic acids is 2. The molecule has 0 radical (unpaired) electrons. The SMILES string of the molecule is CC(=O)O[C@H]1CC[C@@]2(C)C(=CC[C@@H]3[C@H]4CC[C@@H](C(=O)/C=C/O)[C@]4(C)CC[C@H]32)C1. The quantitative estimate of drug-likeness (QED) is 0.316. The molecule has 28 heavy (non-hydrogen) atoms. The second-order valence-corrected chi connectivity index (χ2v) is 10.1. The molecule has 0 bridgehead atoms. The molecule has 0 heterocycles. The maximum Gasteiger partial charge on any atom is 0.302 e. The van der Waals surface area contributed by atoms with Crippen molar-refractivity contribution in [1.29, 1.82) is 0 Å². The summed E-state index contributed by atoms with van der Waals surface area (Å²) in [7, 11) is 0. The van der Waals surface area contributed by atoms with Gasteiger partial charge in [0.1, 0.15) is 6.10 Å². The Bertz CT molecular complexity index is 722. The number of ether oxygens (including phenoxy) is 1. The molecule has 1 N–H and O–H groups in total. The highest BCUT2D eigenvalue weighted by atomic mass is 16.5. The van der Waals surface area contributed by atoms with Gasteiger partial charge in [0, 0.05) is 25.3 Å². The first-order chi connectivity index (χ1) is 13.3. The Morgan fingerprint density at radius 2 is 1.93 bits per heavy atom. The number of aliphatic hydroxyl groups is 1. The summed E-state index contributed by atoms with van der Waals surface area (Å²) in [6.45, 7) is 6.27. The molecule has 0 aromatic carbocycles. The number of hydrogen-bond donors (Lipinski definition) is 1. The number of fused-ring (bicyclic) bond motifs is 5. The van der Waals surface area contributed by atoms with Crippen LogP contribution < -0.4 is 0 Å². The molecule has 7 atom stereocenters. The van der Waals surface area contributed by atoms with Crippen LogP contribution in [0.3, 0.4) is 0 Å². The van der Waals surface area contributed by atoms with E-state index in [0.29, 0.717) is 17.8 Å². The van der Waals surface area contributed by atoms with Crippen LogP contribution in [0.15, 0.2) is 24.0 Å². The van der Waals surface area contributed by atoms with Gasteiger partial charge in [0.25, 0.3) is 0 Å². The van der Waals surface area contributed by atoms with Crippen LogP contribution in [0, 0.1) is 34.5 Å². The van der Waals surface area contributed by atoms with Gasteiger partial charge < -0.3 is 9.84 Å². The van der Waals surface area contributed by atoms with Gasteiger partial charge in [-0.15, -0.1) is 0 Å². The molecule has 4 aliphatic rings. The van der Waals surface area contributed by atoms with Gasteiger partial charge in [-0.05, 0) is 73.5 Å². The Kier molecular flexibility index (Phi) is 4.96. The molecule has 3 saturated carbocycles. The fraction of sp³-hybridized carbons (Fsp3) is 0.750. The monoisotopic (exact) mass is 386 g/mol. The minimum atomic E-state index is -0.171. The zero-order valence-electron chi connectivity index (χ0n) is 17.4. The second kappa shape index (κ2) is 7.03. The van der Waals surface area contributed by atoms with Crippen LogP contribution in [-0.4, -0.2) is 23.0 Å². The fourth-order valence-electron chi connectivity index (χ4n) is 7.62. The van der Waals surface area contributed by atoms with Crippen LogP contribution in [0.2, 0.25) is 0 Å². The molecule has 0 saturated heterocycles. The smallest absolute Gasteiger partial charge is 0.302 e. The lowest BCUT2D eigenvalue weighted by Gasteiger charge is -2.58. The Morgan fingerprint density at radius 1 is 1.14 bits per heavy atom. The molecule has 0 unspecified atom stereocenters. The second-order valence-electron chi connectivity index (χ2n) is 10.1. The van der Waals surface area contributed by atoms with Crippen molar-refractivity contribution < 1.29 is 19.4 Å². The van der Waals surface area contributed by atoms with E-state index in [4.69, 9.17) is 9.84 Å². The van der Waals surface area contributed by atoms with E-state index in [-0.39, 0.29) is 34.6 Å². The van der Waals surface area contributed by atoms with Gasteiger partial charge in [0.05, 0.1) is 6.26 Å². The lowest BCUT2D eigenvalue weighted by molar-refractivity contribution is -0.149. The highest BCUT2D eigenvalue weighted by molar-refractivity contribution is 5.92. The van der Waals surface area contributed by atoms with Crippen LogP contribution in [0.1, 0.15) is 72.1 Å². The molecule has 154 valence electrons. The zero-order valence-corrected chi connectivity index (χ0v) is 17.4. The molecule has 0 aliphatic heterocycles. The number of esters is 1. The predicted octanol–water partition coefficient (Wildman–Crippen LogP) is 5.14. The van der Waals surface area contributed by atoms with Gasteiger partial charge >= 0.3 is 5.97 Å². The third kappa shape index (κ3) is 2.95. The van der Waals surface area contributed by atoms with E-state index in [1.807, 2.05) is 0 Å². The molecule has 4 heteroatoms. The van der Waals surface area contributed by atoms with Crippen molar-refractivity contribution in [3.8, 4) is 0 Å². The van der Waals surface area contributed by atoms with E-state index >= 15 is 0 Å². The van der Waals surface area contributed by atoms with Crippen LogP contribution in [0.25, 0.3) is 0 Å². The molecule has 0 spiro atoms. The molecule has 4 nitrogen and oxygen atoms in total. The maximum atomic E-state index is 12.6. The van der Waals surface area contributed by atoms with Crippen LogP contribution in [0.4, 0.5) is 0 Å². The van der Waals surface area contributed by atoms with E-state index < -0.39 is 0 Å². The van der Waals surface area contributed by atoms with Gasteiger partial charge in [-0.3, -0.25) is 9.59 Å². The summed E-state index contributed by atoms with van der Waals surface area (Å²) in [5.41, 5.74) is 1.78. The highest BCUT2D eigenvalue weighted by Crippen LogP contribution is 2.66. The van der Waals surface area contributed by atoms with Gasteiger partial charge in [-0.25, -0.2) is 0 Å². The first-order valence-corrected chi connectivity index (χ1v) is 11.0. The highest BCUT2D eigenvalue weighted by Gasteiger charge is 2.59. The third-order valence-electron chi connectivity index (χ3n) is 8.97. The minimum absolute atomic E-state index is 0.0426. The molecule has 3 fully saturated rings. The number of carbonyl (C=O) groups is 2. The topological polar surface area (TPSA) is 63.6 Å². The molecular formula is C24H34O4. The van der Waals surface area contributed by atoms with Crippen LogP contribution >= 0.6 is 0 Å². The van der Waals surface area contributed by atoms with E-state index in [2.05, 4.69) is 19.9 Å². The van der Waals surface area contributed by atoms with Gasteiger partial charge in [-0.2, -0.15) is 0 Å². The van der Waals surface area contributed by atoms with Crippen molar-refractivity contribution in [3.05, 3.63) is 24.0 Å². The summed E-state index contributed by atoms with van der Waals surface area (Å²) in [6, 6.07) is 0. The Hall–Kier alpha value is -1.58. The average molecular weight is 387 g/mol. The number of aliphatic hydroxyl groups excluding tert-OH is 1. The Balaban J connectivity index is 1.57. The van der Waals surface area contributed by atoms with E-state index in [9.17, 15) is 9.59 Å². The standard InChI is InChI=1S/C24H34O4/c1-15(26)28-17-8-11-23(2)16(14-17)4-5-18-19-6-7-21(22(27)10-13-25)24(19,3)12-9-20(18)23/h4,10,13,17-21,25H,5-9,11-12,14H2,1-3H3/b13-10+/t17-,18+,19+,20+,21-,23-,24+/m0/s1. The summed E-state index contributed by atoms with van der Waals surface area (Å²) in [5, 5.41) is 9.06. The number of allylic oxidation sites excluding steroid dienone is 2. The molecule has 4 aliphatic carbocycles. The summed E-state index contributed by atoms with van der Waals surface area (Å²) < 4.78 is 5.53. The van der Waals surface area contributed by atoms with Gasteiger partial charge in [0.2, 0.25) is 0 Å². The third-order valence-corrected chi connectivity index (χ3v) is 8.97. The minimum Gasteiger partial charge on any atom is -0.515 e. The number of rotatable bonds is 3. The molecule has 4 rings (SSSR count). The molecule has 0 aromatic rings. The Morgan fingerprint density at radius 3 is 2.64 bits per heavy atom. The molecular weight excluding hydrogens is 352 g/mol. The summed E-state index contributed by atoms with van der Waals surface area (Å²) in [5.74, 6) is 1.90. The first-order valence-electron chi connectivity index (χ1n) is 11.0. The van der Waals surface area contributed by atoms with E-state index in [1.165, 1.54) is 25.0 Å². The molecule has 0 amide bonds. The normalized spacial score (nSPS) is 45.0. The first kappa shape index (κ1) is 19.7. The largest absolute Gasteiger partial charge is 0.515 e. The van der Waals surface area contributed by atoms with Crippen molar-refractivity contribution in [1.82, 2.24) is 0 Å². The average Bonchev–Trinajstić information content (AvgIpc) is 2.99. The van der Waals surface area contributed by atoms with Crippen molar-refractivity contribution in [3.63, 3.8) is 0 Å². The van der Waals surface area contributed by atoms with Crippen LogP contribution in [-0.2, 0) is 14.3 Å². The summed E-state index contributed by atoms with van der Waals surface area (Å²) in [6.07, 6.45) is 13.2. The van der Waals surface area contributed by atoms with Crippen molar-refractivity contribution >= 4 is 11.8 Å². The van der Waals surface area contributed by atoms with Crippen LogP contribution in [0.5, 0.6) is 0 Å². The van der Waals surface area contributed by atoms with Crippen molar-refractivity contribution in [2.24, 2.45) is 34.5 Å². The Labute approximate surface area is 168 Å². The lowest BCUT2D eigenvalue weighted by atomic mass is 9.47. The fourth-order valence-corrected chi connectivity index (χ4v) is 7.62. The molecule has 0 aromatic heterocycles. The van der Waals surface area contributed by atoms with E-state index in [1.54, 1.807) is 0 Å². The van der Waals surface area contributed by atoms with E-state index in [0.717, 1.165) is 51.2 Å². The van der Waals surface area contributed by atoms with Crippen molar-refractivity contribution in [2.45, 2.75) is 78.2 Å². The number of hydrogen-bond acceptors (Lipinski definition) is 4. The van der Waals surface area contributed by atoms with Gasteiger partial charge in [-0.1, -0.05) is 25.5 Å². The predicted molar refractivity (Wildman–Crippen MR) is 108 cm³/mol. The zero-order chi connectivity index (χ0) is 20.1. The summed E-state index contributed by atoms with van der Waals surface area (Å²) in [4.78, 5) is 24.0. The lowest BCUT2D eigenvalue weighted by Crippen LogP contribution is -2.51. The summed E-state index contributed by atoms with van der Waals surface area (Å²) >= 11 is 0.